The number of aliphatic carboxylic acids is 1. The molecule has 4 nitrogen and oxygen atoms in total. The highest BCUT2D eigenvalue weighted by atomic mass is 16.4. The first-order valence-electron chi connectivity index (χ1n) is 7.07. The zero-order chi connectivity index (χ0) is 13.8. The third-order valence-electron chi connectivity index (χ3n) is 4.19. The topological polar surface area (TPSA) is 52.6 Å². The van der Waals surface area contributed by atoms with Crippen LogP contribution in [0.3, 0.4) is 0 Å². The Hall–Kier alpha value is -0.610. The normalized spacial score (nSPS) is 22.1. The number of carboxylic acid groups (broad SMARTS) is 1. The molecular weight excluding hydrogens is 228 g/mol. The predicted octanol–water partition coefficient (Wildman–Crippen LogP) is 1.95. The Morgan fingerprint density at radius 3 is 2.33 bits per heavy atom. The highest BCUT2D eigenvalue weighted by molar-refractivity contribution is 5.73. The summed E-state index contributed by atoms with van der Waals surface area (Å²) in [6, 6.07) is -0.243. The van der Waals surface area contributed by atoms with Crippen molar-refractivity contribution >= 4 is 5.97 Å². The van der Waals surface area contributed by atoms with E-state index in [1.807, 2.05) is 13.8 Å². The predicted molar refractivity (Wildman–Crippen MR) is 73.8 cm³/mol. The summed E-state index contributed by atoms with van der Waals surface area (Å²) >= 11 is 0. The lowest BCUT2D eigenvalue weighted by molar-refractivity contribution is -0.140. The van der Waals surface area contributed by atoms with E-state index >= 15 is 0 Å². The monoisotopic (exact) mass is 256 g/mol. The lowest BCUT2D eigenvalue weighted by Gasteiger charge is -2.39. The number of nitrogens with zero attached hydrogens (tertiary/aromatic N) is 1. The van der Waals surface area contributed by atoms with Gasteiger partial charge < -0.3 is 15.3 Å². The van der Waals surface area contributed by atoms with Gasteiger partial charge in [-0.05, 0) is 31.3 Å². The van der Waals surface area contributed by atoms with Crippen molar-refractivity contribution in [3.8, 4) is 0 Å². The van der Waals surface area contributed by atoms with Crippen LogP contribution in [0.4, 0.5) is 0 Å². The van der Waals surface area contributed by atoms with E-state index in [0.717, 1.165) is 13.1 Å². The average molecular weight is 256 g/mol. The van der Waals surface area contributed by atoms with Gasteiger partial charge in [0.25, 0.3) is 0 Å². The van der Waals surface area contributed by atoms with Gasteiger partial charge in [-0.15, -0.1) is 0 Å². The quantitative estimate of drug-likeness (QED) is 0.762. The second kappa shape index (κ2) is 6.53. The van der Waals surface area contributed by atoms with Crippen LogP contribution in [0.5, 0.6) is 0 Å². The molecule has 1 rings (SSSR count). The summed E-state index contributed by atoms with van der Waals surface area (Å²) in [6.07, 6.45) is 3.57. The SMILES string of the molecule is CCC1(C)CCN(CC(NC(C)C)C(=O)O)CC1. The van der Waals surface area contributed by atoms with E-state index in [1.54, 1.807) is 0 Å². The second-order valence-corrected chi connectivity index (χ2v) is 6.18. The molecule has 1 aliphatic rings. The van der Waals surface area contributed by atoms with Crippen molar-refractivity contribution in [3.05, 3.63) is 0 Å². The molecule has 1 aliphatic heterocycles. The Morgan fingerprint density at radius 2 is 1.94 bits per heavy atom. The van der Waals surface area contributed by atoms with Crippen LogP contribution in [-0.4, -0.2) is 47.7 Å². The Balaban J connectivity index is 2.45. The minimum atomic E-state index is -0.743. The molecule has 106 valence electrons. The van der Waals surface area contributed by atoms with Crippen molar-refractivity contribution in [2.24, 2.45) is 5.41 Å². The zero-order valence-corrected chi connectivity index (χ0v) is 12.2. The Bertz CT molecular complexity index is 271. The summed E-state index contributed by atoms with van der Waals surface area (Å²) in [5, 5.41) is 12.3. The first-order chi connectivity index (χ1) is 8.36. The van der Waals surface area contributed by atoms with Gasteiger partial charge in [-0.3, -0.25) is 4.79 Å². The molecule has 0 saturated carbocycles. The van der Waals surface area contributed by atoms with Crippen LogP contribution in [-0.2, 0) is 4.79 Å². The fourth-order valence-electron chi connectivity index (χ4n) is 2.49. The van der Waals surface area contributed by atoms with Gasteiger partial charge in [0.05, 0.1) is 0 Å². The number of rotatable bonds is 6. The standard InChI is InChI=1S/C14H28N2O2/c1-5-14(4)6-8-16(9-7-14)10-12(13(17)18)15-11(2)3/h11-12,15H,5-10H2,1-4H3,(H,17,18). The molecule has 0 radical (unpaired) electrons. The third-order valence-corrected chi connectivity index (χ3v) is 4.19. The summed E-state index contributed by atoms with van der Waals surface area (Å²) < 4.78 is 0. The van der Waals surface area contributed by atoms with E-state index in [0.29, 0.717) is 12.0 Å². The van der Waals surface area contributed by atoms with Crippen LogP contribution >= 0.6 is 0 Å². The molecular formula is C14H28N2O2. The number of hydrogen-bond acceptors (Lipinski definition) is 3. The van der Waals surface area contributed by atoms with Crippen LogP contribution in [0.2, 0.25) is 0 Å². The zero-order valence-electron chi connectivity index (χ0n) is 12.2. The number of carbonyl (C=O) groups is 1. The minimum Gasteiger partial charge on any atom is -0.480 e. The van der Waals surface area contributed by atoms with E-state index < -0.39 is 12.0 Å². The van der Waals surface area contributed by atoms with E-state index in [-0.39, 0.29) is 6.04 Å². The van der Waals surface area contributed by atoms with Gasteiger partial charge >= 0.3 is 5.97 Å². The Labute approximate surface area is 111 Å². The molecule has 1 atom stereocenters. The molecule has 0 aromatic heterocycles. The van der Waals surface area contributed by atoms with Crippen LogP contribution in [0.1, 0.15) is 47.0 Å². The molecule has 1 heterocycles. The van der Waals surface area contributed by atoms with Gasteiger partial charge in [-0.25, -0.2) is 0 Å². The number of nitrogens with one attached hydrogen (secondary N) is 1. The molecule has 0 spiro atoms. The number of likely N-dealkylation sites (tertiary alicyclic amines) is 1. The van der Waals surface area contributed by atoms with E-state index in [1.165, 1.54) is 19.3 Å². The van der Waals surface area contributed by atoms with Crippen molar-refractivity contribution in [2.45, 2.75) is 59.0 Å². The molecule has 4 heteroatoms. The summed E-state index contributed by atoms with van der Waals surface area (Å²) in [4.78, 5) is 13.5. The van der Waals surface area contributed by atoms with Gasteiger partial charge in [-0.2, -0.15) is 0 Å². The average Bonchev–Trinajstić information content (AvgIpc) is 2.30. The van der Waals surface area contributed by atoms with Gasteiger partial charge in [0.1, 0.15) is 6.04 Å². The molecule has 1 saturated heterocycles. The molecule has 0 aromatic carbocycles. The fourth-order valence-corrected chi connectivity index (χ4v) is 2.49. The summed E-state index contributed by atoms with van der Waals surface area (Å²) in [5.41, 5.74) is 0.459. The van der Waals surface area contributed by atoms with Gasteiger partial charge in [0, 0.05) is 12.6 Å². The number of hydrogen-bond donors (Lipinski definition) is 2. The van der Waals surface area contributed by atoms with Crippen LogP contribution in [0.15, 0.2) is 0 Å². The maximum absolute atomic E-state index is 11.2. The van der Waals surface area contributed by atoms with Gasteiger partial charge in [0.2, 0.25) is 0 Å². The largest absolute Gasteiger partial charge is 0.480 e. The number of piperidine rings is 1. The fraction of sp³-hybridized carbons (Fsp3) is 0.929. The number of carboxylic acids is 1. The van der Waals surface area contributed by atoms with Crippen LogP contribution in [0, 0.1) is 5.41 Å². The summed E-state index contributed by atoms with van der Waals surface area (Å²) in [5.74, 6) is -0.743. The molecule has 1 unspecified atom stereocenters. The summed E-state index contributed by atoms with van der Waals surface area (Å²) in [7, 11) is 0. The van der Waals surface area contributed by atoms with Crippen LogP contribution in [0.25, 0.3) is 0 Å². The van der Waals surface area contributed by atoms with Crippen molar-refractivity contribution in [1.82, 2.24) is 10.2 Å². The Kier molecular flexibility index (Phi) is 5.60. The molecule has 0 amide bonds. The van der Waals surface area contributed by atoms with Crippen molar-refractivity contribution < 1.29 is 9.90 Å². The maximum Gasteiger partial charge on any atom is 0.322 e. The van der Waals surface area contributed by atoms with Crippen LogP contribution < -0.4 is 5.32 Å². The Morgan fingerprint density at radius 1 is 1.39 bits per heavy atom. The third kappa shape index (κ3) is 4.58. The van der Waals surface area contributed by atoms with Gasteiger partial charge in [0.15, 0.2) is 0 Å². The first-order valence-corrected chi connectivity index (χ1v) is 7.07. The lowest BCUT2D eigenvalue weighted by Crippen LogP contribution is -2.51. The van der Waals surface area contributed by atoms with E-state index in [9.17, 15) is 9.90 Å². The van der Waals surface area contributed by atoms with Crippen molar-refractivity contribution in [3.63, 3.8) is 0 Å². The van der Waals surface area contributed by atoms with Crippen molar-refractivity contribution in [1.29, 1.82) is 0 Å². The molecule has 18 heavy (non-hydrogen) atoms. The molecule has 0 aliphatic carbocycles. The highest BCUT2D eigenvalue weighted by Gasteiger charge is 2.30. The lowest BCUT2D eigenvalue weighted by atomic mass is 9.78. The molecule has 0 bridgehead atoms. The van der Waals surface area contributed by atoms with Crippen molar-refractivity contribution in [2.75, 3.05) is 19.6 Å². The minimum absolute atomic E-state index is 0.205. The smallest absolute Gasteiger partial charge is 0.322 e. The molecule has 1 fully saturated rings. The van der Waals surface area contributed by atoms with Gasteiger partial charge in [-0.1, -0.05) is 34.1 Å². The molecule has 2 N–H and O–H groups in total. The first kappa shape index (κ1) is 15.4. The summed E-state index contributed by atoms with van der Waals surface area (Å²) in [6.45, 7) is 11.2. The second-order valence-electron chi connectivity index (χ2n) is 6.18. The van der Waals surface area contributed by atoms with E-state index in [4.69, 9.17) is 0 Å². The molecule has 0 aromatic rings. The highest BCUT2D eigenvalue weighted by Crippen LogP contribution is 2.33. The maximum atomic E-state index is 11.2. The van der Waals surface area contributed by atoms with E-state index in [2.05, 4.69) is 24.1 Å².